The number of hydrogen-bond donors (Lipinski definition) is 1. The maximum absolute atomic E-state index is 6.06. The van der Waals surface area contributed by atoms with Crippen molar-refractivity contribution in [3.63, 3.8) is 0 Å². The summed E-state index contributed by atoms with van der Waals surface area (Å²) in [5.41, 5.74) is 7.89. The van der Waals surface area contributed by atoms with Crippen LogP contribution in [0.1, 0.15) is 25.7 Å². The van der Waals surface area contributed by atoms with Crippen molar-refractivity contribution < 1.29 is 9.47 Å². The topological polar surface area (TPSA) is 70.3 Å². The first-order chi connectivity index (χ1) is 15.3. The number of nitrogen functional groups attached to an aromatic ring is 1. The summed E-state index contributed by atoms with van der Waals surface area (Å²) in [6, 6.07) is 2.05. The Morgan fingerprint density at radius 1 is 0.710 bits per heavy atom. The Morgan fingerprint density at radius 3 is 1.84 bits per heavy atom. The van der Waals surface area contributed by atoms with E-state index in [0.29, 0.717) is 5.69 Å². The summed E-state index contributed by atoms with van der Waals surface area (Å²) in [6.07, 6.45) is 7.09. The fraction of sp³-hybridized carbons (Fsp3) is 0.783. The first kappa shape index (κ1) is 22.6. The SMILES string of the molecule is Nc1cnc2c(c1)N(CCOCCN1CCCC1)CCN2CCOCCN1CCCC1. The van der Waals surface area contributed by atoms with Gasteiger partial charge in [-0.25, -0.2) is 4.98 Å². The highest BCUT2D eigenvalue weighted by molar-refractivity contribution is 5.72. The number of ether oxygens (including phenoxy) is 2. The lowest BCUT2D eigenvalue weighted by Gasteiger charge is -2.38. The van der Waals surface area contributed by atoms with E-state index in [4.69, 9.17) is 15.2 Å². The third-order valence-electron chi connectivity index (χ3n) is 6.66. The molecule has 3 aliphatic rings. The average Bonchev–Trinajstić information content (AvgIpc) is 3.48. The third-order valence-corrected chi connectivity index (χ3v) is 6.66. The van der Waals surface area contributed by atoms with Crippen LogP contribution in [-0.2, 0) is 9.47 Å². The van der Waals surface area contributed by atoms with Gasteiger partial charge in [-0.1, -0.05) is 0 Å². The van der Waals surface area contributed by atoms with E-state index in [1.165, 1.54) is 51.9 Å². The first-order valence-corrected chi connectivity index (χ1v) is 12.2. The fourth-order valence-corrected chi connectivity index (χ4v) is 4.81. The molecule has 0 spiro atoms. The molecule has 0 atom stereocenters. The molecule has 0 aliphatic carbocycles. The average molecular weight is 433 g/mol. The minimum atomic E-state index is 0.711. The largest absolute Gasteiger partial charge is 0.397 e. The Balaban J connectivity index is 1.20. The van der Waals surface area contributed by atoms with Crippen molar-refractivity contribution in [1.82, 2.24) is 14.8 Å². The van der Waals surface area contributed by atoms with Crippen molar-refractivity contribution in [2.75, 3.05) is 107 Å². The molecular formula is C23H40N6O2. The van der Waals surface area contributed by atoms with Crippen molar-refractivity contribution in [2.45, 2.75) is 25.7 Å². The summed E-state index contributed by atoms with van der Waals surface area (Å²) >= 11 is 0. The third kappa shape index (κ3) is 6.68. The zero-order valence-corrected chi connectivity index (χ0v) is 19.0. The summed E-state index contributed by atoms with van der Waals surface area (Å²) in [7, 11) is 0. The maximum atomic E-state index is 6.06. The van der Waals surface area contributed by atoms with Crippen LogP contribution in [0.4, 0.5) is 17.2 Å². The predicted octanol–water partition coefficient (Wildman–Crippen LogP) is 1.52. The minimum Gasteiger partial charge on any atom is -0.397 e. The van der Waals surface area contributed by atoms with E-state index in [9.17, 15) is 0 Å². The molecule has 4 heterocycles. The highest BCUT2D eigenvalue weighted by Crippen LogP contribution is 2.32. The lowest BCUT2D eigenvalue weighted by molar-refractivity contribution is 0.114. The van der Waals surface area contributed by atoms with Crippen LogP contribution in [0.15, 0.2) is 12.3 Å². The highest BCUT2D eigenvalue weighted by Gasteiger charge is 2.24. The van der Waals surface area contributed by atoms with Gasteiger partial charge in [0.25, 0.3) is 0 Å². The van der Waals surface area contributed by atoms with Crippen LogP contribution in [0.2, 0.25) is 0 Å². The molecule has 31 heavy (non-hydrogen) atoms. The molecule has 8 nitrogen and oxygen atoms in total. The molecule has 2 N–H and O–H groups in total. The van der Waals surface area contributed by atoms with E-state index in [-0.39, 0.29) is 0 Å². The number of rotatable bonds is 12. The summed E-state index contributed by atoms with van der Waals surface area (Å²) < 4.78 is 11.9. The van der Waals surface area contributed by atoms with Crippen LogP contribution >= 0.6 is 0 Å². The van der Waals surface area contributed by atoms with Gasteiger partial charge < -0.3 is 34.8 Å². The Kier molecular flexibility index (Phi) is 8.63. The Labute approximate surface area is 187 Å². The molecule has 0 saturated carbocycles. The Hall–Kier alpha value is -1.61. The van der Waals surface area contributed by atoms with Crippen LogP contribution in [0, 0.1) is 0 Å². The smallest absolute Gasteiger partial charge is 0.152 e. The zero-order valence-electron chi connectivity index (χ0n) is 19.0. The highest BCUT2D eigenvalue weighted by atomic mass is 16.5. The number of nitrogens with two attached hydrogens (primary N) is 1. The van der Waals surface area contributed by atoms with E-state index < -0.39 is 0 Å². The number of likely N-dealkylation sites (tertiary alicyclic amines) is 2. The molecule has 2 fully saturated rings. The first-order valence-electron chi connectivity index (χ1n) is 12.2. The molecule has 0 unspecified atom stereocenters. The minimum absolute atomic E-state index is 0.711. The van der Waals surface area contributed by atoms with Crippen LogP contribution < -0.4 is 15.5 Å². The van der Waals surface area contributed by atoms with Crippen LogP contribution in [0.3, 0.4) is 0 Å². The lowest BCUT2D eigenvalue weighted by Crippen LogP contribution is -2.44. The molecule has 2 saturated heterocycles. The summed E-state index contributed by atoms with van der Waals surface area (Å²) in [5.74, 6) is 1.01. The predicted molar refractivity (Wildman–Crippen MR) is 126 cm³/mol. The monoisotopic (exact) mass is 432 g/mol. The van der Waals surface area contributed by atoms with Crippen molar-refractivity contribution in [3.8, 4) is 0 Å². The Bertz CT molecular complexity index is 663. The van der Waals surface area contributed by atoms with E-state index in [1.54, 1.807) is 6.20 Å². The van der Waals surface area contributed by atoms with E-state index in [0.717, 1.165) is 77.2 Å². The molecule has 0 radical (unpaired) electrons. The van der Waals surface area contributed by atoms with Gasteiger partial charge in [0.1, 0.15) is 0 Å². The van der Waals surface area contributed by atoms with Gasteiger partial charge in [0.2, 0.25) is 0 Å². The maximum Gasteiger partial charge on any atom is 0.152 e. The number of pyridine rings is 1. The van der Waals surface area contributed by atoms with Gasteiger partial charge in [-0.3, -0.25) is 0 Å². The van der Waals surface area contributed by atoms with Crippen molar-refractivity contribution in [3.05, 3.63) is 12.3 Å². The quantitative estimate of drug-likeness (QED) is 0.499. The second-order valence-corrected chi connectivity index (χ2v) is 8.91. The Morgan fingerprint density at radius 2 is 1.23 bits per heavy atom. The van der Waals surface area contributed by atoms with Gasteiger partial charge in [0, 0.05) is 39.3 Å². The van der Waals surface area contributed by atoms with Gasteiger partial charge in [0.05, 0.1) is 44.0 Å². The van der Waals surface area contributed by atoms with E-state index >= 15 is 0 Å². The second-order valence-electron chi connectivity index (χ2n) is 8.91. The molecule has 1 aromatic rings. The fourth-order valence-electron chi connectivity index (χ4n) is 4.81. The molecule has 174 valence electrons. The van der Waals surface area contributed by atoms with Crippen LogP contribution in [0.25, 0.3) is 0 Å². The second kappa shape index (κ2) is 11.9. The molecule has 0 bridgehead atoms. The van der Waals surface area contributed by atoms with E-state index in [2.05, 4.69) is 24.6 Å². The number of aromatic nitrogens is 1. The number of hydrogen-bond acceptors (Lipinski definition) is 8. The van der Waals surface area contributed by atoms with Gasteiger partial charge >= 0.3 is 0 Å². The number of nitrogens with zero attached hydrogens (tertiary/aromatic N) is 5. The molecule has 0 aromatic carbocycles. The summed E-state index contributed by atoms with van der Waals surface area (Å²) in [6.45, 7) is 13.8. The van der Waals surface area contributed by atoms with Gasteiger partial charge in [-0.2, -0.15) is 0 Å². The number of fused-ring (bicyclic) bond motifs is 1. The van der Waals surface area contributed by atoms with Crippen molar-refractivity contribution in [1.29, 1.82) is 0 Å². The molecule has 3 aliphatic heterocycles. The standard InChI is InChI=1S/C23H40N6O2/c24-21-19-22-23(25-20-21)29(14-18-31-16-12-27-7-3-4-8-27)10-9-28(22)13-17-30-15-11-26-5-1-2-6-26/h19-20H,1-18,24H2. The van der Waals surface area contributed by atoms with Gasteiger partial charge in [-0.05, 0) is 57.9 Å². The molecule has 1 aromatic heterocycles. The molecular weight excluding hydrogens is 392 g/mol. The lowest BCUT2D eigenvalue weighted by atomic mass is 10.2. The number of anilines is 3. The summed E-state index contributed by atoms with van der Waals surface area (Å²) in [5, 5.41) is 0. The summed E-state index contributed by atoms with van der Waals surface area (Å²) in [4.78, 5) is 14.3. The van der Waals surface area contributed by atoms with Gasteiger partial charge in [-0.15, -0.1) is 0 Å². The van der Waals surface area contributed by atoms with Crippen molar-refractivity contribution >= 4 is 17.2 Å². The van der Waals surface area contributed by atoms with Crippen LogP contribution in [-0.4, -0.2) is 107 Å². The van der Waals surface area contributed by atoms with Crippen LogP contribution in [0.5, 0.6) is 0 Å². The molecule has 0 amide bonds. The van der Waals surface area contributed by atoms with Gasteiger partial charge in [0.15, 0.2) is 5.82 Å². The van der Waals surface area contributed by atoms with Crippen molar-refractivity contribution in [2.24, 2.45) is 0 Å². The zero-order chi connectivity index (χ0) is 21.3. The molecule has 4 rings (SSSR count). The molecule has 8 heteroatoms. The van der Waals surface area contributed by atoms with E-state index in [1.807, 2.05) is 6.07 Å². The normalized spacial score (nSPS) is 20.0.